The fourth-order valence-electron chi connectivity index (χ4n) is 3.85. The molecule has 168 valence electrons. The minimum Gasteiger partial charge on any atom is -0.497 e. The molecule has 1 saturated heterocycles. The zero-order chi connectivity index (χ0) is 22.1. The van der Waals surface area contributed by atoms with Crippen molar-refractivity contribution >= 4 is 11.8 Å². The van der Waals surface area contributed by atoms with Crippen LogP contribution in [0.3, 0.4) is 0 Å². The lowest BCUT2D eigenvalue weighted by atomic mass is 10.1. The number of guanidine groups is 1. The highest BCUT2D eigenvalue weighted by molar-refractivity contribution is 5.79. The molecule has 2 aromatic rings. The molecule has 0 amide bonds. The monoisotopic (exact) mass is 424 g/mol. The predicted molar refractivity (Wildman–Crippen MR) is 128 cm³/mol. The molecule has 1 aliphatic heterocycles. The lowest BCUT2D eigenvalue weighted by Gasteiger charge is -2.29. The number of rotatable bonds is 9. The minimum absolute atomic E-state index is 0.304. The van der Waals surface area contributed by atoms with E-state index >= 15 is 0 Å². The van der Waals surface area contributed by atoms with Crippen LogP contribution in [0, 0.1) is 0 Å². The average Bonchev–Trinajstić information content (AvgIpc) is 3.32. The summed E-state index contributed by atoms with van der Waals surface area (Å²) in [6, 6.07) is 12.8. The first-order valence-electron chi connectivity index (χ1n) is 11.1. The molecule has 7 nitrogen and oxygen atoms in total. The average molecular weight is 425 g/mol. The molecule has 0 spiro atoms. The van der Waals surface area contributed by atoms with Gasteiger partial charge in [0, 0.05) is 33.4 Å². The number of methoxy groups -OCH3 is 1. The summed E-state index contributed by atoms with van der Waals surface area (Å²) in [6.07, 6.45) is 4.36. The van der Waals surface area contributed by atoms with E-state index in [1.807, 2.05) is 43.4 Å². The molecule has 1 aliphatic rings. The molecule has 7 heteroatoms. The van der Waals surface area contributed by atoms with E-state index < -0.39 is 0 Å². The summed E-state index contributed by atoms with van der Waals surface area (Å²) in [4.78, 5) is 13.8. The second-order valence-corrected chi connectivity index (χ2v) is 8.02. The van der Waals surface area contributed by atoms with E-state index in [1.165, 1.54) is 18.4 Å². The Morgan fingerprint density at radius 1 is 1.16 bits per heavy atom. The number of benzene rings is 1. The minimum atomic E-state index is 0.304. The van der Waals surface area contributed by atoms with Crippen molar-refractivity contribution in [1.29, 1.82) is 0 Å². The fraction of sp³-hybridized carbons (Fsp3) is 0.500. The molecule has 1 atom stereocenters. The summed E-state index contributed by atoms with van der Waals surface area (Å²) in [7, 11) is 5.70. The number of aromatic nitrogens is 1. The van der Waals surface area contributed by atoms with Crippen LogP contribution in [-0.4, -0.2) is 63.2 Å². The number of ether oxygens (including phenoxy) is 1. The molecule has 0 saturated carbocycles. The largest absolute Gasteiger partial charge is 0.497 e. The third kappa shape index (κ3) is 6.59. The normalized spacial score (nSPS) is 15.5. The Bertz CT molecular complexity index is 830. The van der Waals surface area contributed by atoms with E-state index in [0.29, 0.717) is 12.6 Å². The quantitative estimate of drug-likeness (QED) is 0.477. The zero-order valence-corrected chi connectivity index (χ0v) is 19.3. The van der Waals surface area contributed by atoms with Gasteiger partial charge >= 0.3 is 0 Å². The number of likely N-dealkylation sites (tertiary alicyclic amines) is 1. The molecule has 2 heterocycles. The SMILES string of the molecule is CCNC(=NCc1ccnc(N(C)C)c1)NCC(c1ccc(OC)cc1)N1CCCC1. The highest BCUT2D eigenvalue weighted by atomic mass is 16.5. The Balaban J connectivity index is 1.70. The van der Waals surface area contributed by atoms with Gasteiger partial charge in [-0.1, -0.05) is 12.1 Å². The molecule has 0 bridgehead atoms. The van der Waals surface area contributed by atoms with Crippen molar-refractivity contribution in [3.05, 3.63) is 53.7 Å². The second-order valence-electron chi connectivity index (χ2n) is 8.02. The standard InChI is InChI=1S/C24H36N6O/c1-5-25-24(27-17-19-12-13-26-23(16-19)29(2)3)28-18-22(30-14-6-7-15-30)20-8-10-21(31-4)11-9-20/h8-13,16,22H,5-7,14-15,17-18H2,1-4H3,(H2,25,27,28). The van der Waals surface area contributed by atoms with Gasteiger partial charge in [-0.2, -0.15) is 0 Å². The van der Waals surface area contributed by atoms with Crippen molar-refractivity contribution in [3.8, 4) is 5.75 Å². The molecule has 0 aliphatic carbocycles. The summed E-state index contributed by atoms with van der Waals surface area (Å²) in [5.74, 6) is 2.67. The zero-order valence-electron chi connectivity index (χ0n) is 19.3. The van der Waals surface area contributed by atoms with Gasteiger partial charge in [0.15, 0.2) is 5.96 Å². The van der Waals surface area contributed by atoms with Gasteiger partial charge in [-0.25, -0.2) is 9.98 Å². The van der Waals surface area contributed by atoms with Crippen molar-refractivity contribution in [2.45, 2.75) is 32.4 Å². The summed E-state index contributed by atoms with van der Waals surface area (Å²) < 4.78 is 5.34. The van der Waals surface area contributed by atoms with Gasteiger partial charge < -0.3 is 20.3 Å². The third-order valence-electron chi connectivity index (χ3n) is 5.58. The molecule has 31 heavy (non-hydrogen) atoms. The summed E-state index contributed by atoms with van der Waals surface area (Å²) in [5.41, 5.74) is 2.44. The van der Waals surface area contributed by atoms with Crippen molar-refractivity contribution in [3.63, 3.8) is 0 Å². The molecular formula is C24H36N6O. The Labute approximate surface area is 186 Å². The van der Waals surface area contributed by atoms with Crippen LogP contribution in [0.4, 0.5) is 5.82 Å². The topological polar surface area (TPSA) is 65.0 Å². The van der Waals surface area contributed by atoms with Crippen LogP contribution in [0.5, 0.6) is 5.75 Å². The van der Waals surface area contributed by atoms with E-state index in [1.54, 1.807) is 7.11 Å². The molecule has 1 fully saturated rings. The van der Waals surface area contributed by atoms with Gasteiger partial charge in [-0.05, 0) is 68.2 Å². The smallest absolute Gasteiger partial charge is 0.191 e. The first-order chi connectivity index (χ1) is 15.1. The molecule has 3 rings (SSSR count). The van der Waals surface area contributed by atoms with Gasteiger partial charge in [0.2, 0.25) is 0 Å². The highest BCUT2D eigenvalue weighted by Gasteiger charge is 2.23. The maximum atomic E-state index is 5.34. The molecule has 1 aromatic carbocycles. The van der Waals surface area contributed by atoms with E-state index in [9.17, 15) is 0 Å². The molecule has 2 N–H and O–H groups in total. The van der Waals surface area contributed by atoms with Crippen LogP contribution in [-0.2, 0) is 6.54 Å². The number of nitrogens with one attached hydrogen (secondary N) is 2. The Morgan fingerprint density at radius 3 is 2.55 bits per heavy atom. The van der Waals surface area contributed by atoms with Crippen LogP contribution in [0.15, 0.2) is 47.6 Å². The van der Waals surface area contributed by atoms with Crippen molar-refractivity contribution in [2.24, 2.45) is 4.99 Å². The highest BCUT2D eigenvalue weighted by Crippen LogP contribution is 2.26. The first-order valence-corrected chi connectivity index (χ1v) is 11.1. The number of hydrogen-bond acceptors (Lipinski definition) is 5. The number of pyridine rings is 1. The third-order valence-corrected chi connectivity index (χ3v) is 5.58. The lowest BCUT2D eigenvalue weighted by molar-refractivity contribution is 0.245. The maximum absolute atomic E-state index is 5.34. The first kappa shape index (κ1) is 22.9. The summed E-state index contributed by atoms with van der Waals surface area (Å²) in [5, 5.41) is 6.95. The summed E-state index contributed by atoms with van der Waals surface area (Å²) in [6.45, 7) is 6.59. The van der Waals surface area contributed by atoms with Gasteiger partial charge in [0.1, 0.15) is 11.6 Å². The Kier molecular flexibility index (Phi) is 8.53. The van der Waals surface area contributed by atoms with Gasteiger partial charge in [-0.15, -0.1) is 0 Å². The van der Waals surface area contributed by atoms with Gasteiger partial charge in [0.25, 0.3) is 0 Å². The van der Waals surface area contributed by atoms with Crippen molar-refractivity contribution in [2.75, 3.05) is 52.3 Å². The van der Waals surface area contributed by atoms with Crippen LogP contribution < -0.4 is 20.3 Å². The molecule has 1 unspecified atom stereocenters. The van der Waals surface area contributed by atoms with Crippen LogP contribution in [0.1, 0.15) is 36.9 Å². The van der Waals surface area contributed by atoms with Gasteiger partial charge in [0.05, 0.1) is 19.7 Å². The maximum Gasteiger partial charge on any atom is 0.191 e. The van der Waals surface area contributed by atoms with Gasteiger partial charge in [-0.3, -0.25) is 4.90 Å². The fourth-order valence-corrected chi connectivity index (χ4v) is 3.85. The lowest BCUT2D eigenvalue weighted by Crippen LogP contribution is -2.42. The Hall–Kier alpha value is -2.80. The van der Waals surface area contributed by atoms with Crippen LogP contribution in [0.2, 0.25) is 0 Å². The van der Waals surface area contributed by atoms with Crippen LogP contribution in [0.25, 0.3) is 0 Å². The molecule has 0 radical (unpaired) electrons. The number of nitrogens with zero attached hydrogens (tertiary/aromatic N) is 4. The van der Waals surface area contributed by atoms with Crippen LogP contribution >= 0.6 is 0 Å². The molecular weight excluding hydrogens is 388 g/mol. The van der Waals surface area contributed by atoms with Crippen molar-refractivity contribution < 1.29 is 4.74 Å². The van der Waals surface area contributed by atoms with E-state index in [0.717, 1.165) is 49.3 Å². The predicted octanol–water partition coefficient (Wildman–Crippen LogP) is 3.05. The number of anilines is 1. The molecule has 1 aromatic heterocycles. The van der Waals surface area contributed by atoms with Crippen molar-refractivity contribution in [1.82, 2.24) is 20.5 Å². The second kappa shape index (κ2) is 11.6. The Morgan fingerprint density at radius 2 is 1.90 bits per heavy atom. The number of hydrogen-bond donors (Lipinski definition) is 2. The van der Waals surface area contributed by atoms with E-state index in [2.05, 4.69) is 45.6 Å². The van der Waals surface area contributed by atoms with E-state index in [4.69, 9.17) is 9.73 Å². The van der Waals surface area contributed by atoms with E-state index in [-0.39, 0.29) is 0 Å². The summed E-state index contributed by atoms with van der Waals surface area (Å²) >= 11 is 0. The number of aliphatic imine (C=N–C) groups is 1.